The Morgan fingerprint density at radius 2 is 2.22 bits per heavy atom. The number of anilines is 1. The minimum atomic E-state index is -0.220. The second-order valence-corrected chi connectivity index (χ2v) is 5.85. The van der Waals surface area contributed by atoms with Crippen LogP contribution in [-0.2, 0) is 0 Å². The lowest BCUT2D eigenvalue weighted by Crippen LogP contribution is -2.27. The van der Waals surface area contributed by atoms with Crippen molar-refractivity contribution in [1.29, 1.82) is 0 Å². The van der Waals surface area contributed by atoms with Crippen LogP contribution in [0.2, 0.25) is 5.02 Å². The number of rotatable bonds is 3. The van der Waals surface area contributed by atoms with E-state index in [2.05, 4.69) is 17.3 Å². The minimum Gasteiger partial charge on any atom is -0.380 e. The van der Waals surface area contributed by atoms with Crippen LogP contribution >= 0.6 is 11.6 Å². The zero-order chi connectivity index (χ0) is 13.3. The van der Waals surface area contributed by atoms with Crippen molar-refractivity contribution in [1.82, 2.24) is 9.78 Å². The molecule has 1 fully saturated rings. The normalized spacial score (nSPS) is 23.6. The fourth-order valence-electron chi connectivity index (χ4n) is 2.47. The van der Waals surface area contributed by atoms with Crippen LogP contribution in [0.5, 0.6) is 0 Å². The van der Waals surface area contributed by atoms with E-state index < -0.39 is 0 Å². The highest BCUT2D eigenvalue weighted by molar-refractivity contribution is 6.32. The third-order valence-electron chi connectivity index (χ3n) is 3.49. The Bertz CT molecular complexity index is 484. The lowest BCUT2D eigenvalue weighted by atomic mass is 10.1. The molecule has 1 aliphatic carbocycles. The molecule has 18 heavy (non-hydrogen) atoms. The number of aromatic nitrogens is 2. The van der Waals surface area contributed by atoms with Gasteiger partial charge in [0, 0.05) is 6.04 Å². The summed E-state index contributed by atoms with van der Waals surface area (Å²) in [5.41, 5.74) is 0.445. The SMILES string of the molecule is CC1CCC(Nc2cnn(C(C)C)c(=O)c2Cl)C1. The third kappa shape index (κ3) is 2.69. The molecule has 5 heteroatoms. The van der Waals surface area contributed by atoms with Crippen LogP contribution in [0.1, 0.15) is 46.1 Å². The van der Waals surface area contributed by atoms with Crippen molar-refractivity contribution >= 4 is 17.3 Å². The summed E-state index contributed by atoms with van der Waals surface area (Å²) < 4.78 is 1.41. The second-order valence-electron chi connectivity index (χ2n) is 5.48. The monoisotopic (exact) mass is 269 g/mol. The summed E-state index contributed by atoms with van der Waals surface area (Å²) in [5, 5.41) is 7.74. The van der Waals surface area contributed by atoms with E-state index in [1.54, 1.807) is 6.20 Å². The molecule has 1 aliphatic rings. The topological polar surface area (TPSA) is 46.9 Å². The van der Waals surface area contributed by atoms with E-state index in [9.17, 15) is 4.79 Å². The fraction of sp³-hybridized carbons (Fsp3) is 0.692. The van der Waals surface area contributed by atoms with Crippen LogP contribution in [0.4, 0.5) is 5.69 Å². The first-order chi connectivity index (χ1) is 8.49. The van der Waals surface area contributed by atoms with E-state index in [1.165, 1.54) is 11.1 Å². The van der Waals surface area contributed by atoms with E-state index >= 15 is 0 Å². The molecule has 100 valence electrons. The van der Waals surface area contributed by atoms with E-state index in [0.717, 1.165) is 18.8 Å². The van der Waals surface area contributed by atoms with Gasteiger partial charge in [-0.2, -0.15) is 5.10 Å². The molecular weight excluding hydrogens is 250 g/mol. The summed E-state index contributed by atoms with van der Waals surface area (Å²) >= 11 is 6.12. The third-order valence-corrected chi connectivity index (χ3v) is 3.85. The summed E-state index contributed by atoms with van der Waals surface area (Å²) in [6, 6.07) is 0.434. The highest BCUT2D eigenvalue weighted by Crippen LogP contribution is 2.28. The lowest BCUT2D eigenvalue weighted by molar-refractivity contribution is 0.503. The molecule has 4 nitrogen and oxygen atoms in total. The highest BCUT2D eigenvalue weighted by atomic mass is 35.5. The molecule has 2 unspecified atom stereocenters. The van der Waals surface area contributed by atoms with Gasteiger partial charge < -0.3 is 5.32 Å². The van der Waals surface area contributed by atoms with Crippen molar-refractivity contribution in [3.05, 3.63) is 21.6 Å². The largest absolute Gasteiger partial charge is 0.380 e. The van der Waals surface area contributed by atoms with Gasteiger partial charge in [-0.1, -0.05) is 18.5 Å². The molecule has 1 N–H and O–H groups in total. The maximum Gasteiger partial charge on any atom is 0.287 e. The van der Waals surface area contributed by atoms with Gasteiger partial charge in [0.2, 0.25) is 0 Å². The van der Waals surface area contributed by atoms with Crippen molar-refractivity contribution in [2.75, 3.05) is 5.32 Å². The van der Waals surface area contributed by atoms with E-state index in [4.69, 9.17) is 11.6 Å². The van der Waals surface area contributed by atoms with Crippen molar-refractivity contribution in [2.24, 2.45) is 5.92 Å². The van der Waals surface area contributed by atoms with Gasteiger partial charge in [-0.25, -0.2) is 4.68 Å². The first kappa shape index (κ1) is 13.4. The molecule has 1 saturated carbocycles. The average Bonchev–Trinajstić information content (AvgIpc) is 2.70. The summed E-state index contributed by atoms with van der Waals surface area (Å²) in [5.74, 6) is 0.741. The Labute approximate surface area is 112 Å². The van der Waals surface area contributed by atoms with Gasteiger partial charge >= 0.3 is 0 Å². The molecule has 0 radical (unpaired) electrons. The van der Waals surface area contributed by atoms with Gasteiger partial charge in [-0.15, -0.1) is 0 Å². The maximum atomic E-state index is 12.0. The quantitative estimate of drug-likeness (QED) is 0.917. The smallest absolute Gasteiger partial charge is 0.287 e. The summed E-state index contributed by atoms with van der Waals surface area (Å²) in [6.45, 7) is 6.07. The Morgan fingerprint density at radius 3 is 2.78 bits per heavy atom. The Morgan fingerprint density at radius 1 is 1.50 bits per heavy atom. The predicted molar refractivity (Wildman–Crippen MR) is 74.3 cm³/mol. The summed E-state index contributed by atoms with van der Waals surface area (Å²) in [4.78, 5) is 12.0. The fourth-order valence-corrected chi connectivity index (χ4v) is 2.66. The lowest BCUT2D eigenvalue weighted by Gasteiger charge is -2.16. The molecule has 1 heterocycles. The van der Waals surface area contributed by atoms with Gasteiger partial charge in [-0.3, -0.25) is 4.79 Å². The van der Waals surface area contributed by atoms with Crippen LogP contribution in [0.3, 0.4) is 0 Å². The van der Waals surface area contributed by atoms with Gasteiger partial charge in [0.25, 0.3) is 5.56 Å². The van der Waals surface area contributed by atoms with E-state index in [-0.39, 0.29) is 16.6 Å². The van der Waals surface area contributed by atoms with Gasteiger partial charge in [0.05, 0.1) is 17.9 Å². The number of halogens is 1. The molecule has 0 aromatic carbocycles. The number of nitrogens with one attached hydrogen (secondary N) is 1. The van der Waals surface area contributed by atoms with Crippen molar-refractivity contribution in [2.45, 2.75) is 52.1 Å². The van der Waals surface area contributed by atoms with E-state index in [1.807, 2.05) is 13.8 Å². The Hall–Kier alpha value is -1.03. The highest BCUT2D eigenvalue weighted by Gasteiger charge is 2.22. The van der Waals surface area contributed by atoms with E-state index in [0.29, 0.717) is 11.7 Å². The van der Waals surface area contributed by atoms with Crippen LogP contribution in [-0.4, -0.2) is 15.8 Å². The van der Waals surface area contributed by atoms with Crippen LogP contribution in [0.15, 0.2) is 11.0 Å². The average molecular weight is 270 g/mol. The van der Waals surface area contributed by atoms with Crippen molar-refractivity contribution < 1.29 is 0 Å². The van der Waals surface area contributed by atoms with Gasteiger partial charge in [0.15, 0.2) is 0 Å². The molecule has 0 bridgehead atoms. The summed E-state index contributed by atoms with van der Waals surface area (Å²) in [7, 11) is 0. The van der Waals surface area contributed by atoms with Gasteiger partial charge in [-0.05, 0) is 39.0 Å². The standard InChI is InChI=1S/C13H20ClN3O/c1-8(2)17-13(18)12(14)11(7-15-17)16-10-5-4-9(3)6-10/h7-10,16H,4-6H2,1-3H3. The Balaban J connectivity index is 2.20. The molecule has 0 amide bonds. The van der Waals surface area contributed by atoms with Crippen molar-refractivity contribution in [3.8, 4) is 0 Å². The molecule has 0 spiro atoms. The van der Waals surface area contributed by atoms with Crippen molar-refractivity contribution in [3.63, 3.8) is 0 Å². The van der Waals surface area contributed by atoms with Crippen LogP contribution < -0.4 is 10.9 Å². The molecule has 1 aromatic heterocycles. The van der Waals surface area contributed by atoms with Crippen LogP contribution in [0, 0.1) is 5.92 Å². The van der Waals surface area contributed by atoms with Crippen LogP contribution in [0.25, 0.3) is 0 Å². The zero-order valence-corrected chi connectivity index (χ0v) is 11.9. The minimum absolute atomic E-state index is 0.0237. The molecule has 1 aromatic rings. The number of hydrogen-bond acceptors (Lipinski definition) is 3. The zero-order valence-electron chi connectivity index (χ0n) is 11.1. The van der Waals surface area contributed by atoms with Gasteiger partial charge in [0.1, 0.15) is 5.02 Å². The number of nitrogens with zero attached hydrogens (tertiary/aromatic N) is 2. The maximum absolute atomic E-state index is 12.0. The molecule has 0 aliphatic heterocycles. The predicted octanol–water partition coefficient (Wildman–Crippen LogP) is 3.08. The number of hydrogen-bond donors (Lipinski definition) is 1. The summed E-state index contributed by atoms with van der Waals surface area (Å²) in [6.07, 6.45) is 5.15. The molecule has 2 rings (SSSR count). The molecular formula is C13H20ClN3O. The second kappa shape index (κ2) is 5.31. The Kier molecular flexibility index (Phi) is 3.95. The first-order valence-corrected chi connectivity index (χ1v) is 6.90. The molecule has 0 saturated heterocycles. The first-order valence-electron chi connectivity index (χ1n) is 6.53. The molecule has 2 atom stereocenters.